The van der Waals surface area contributed by atoms with Crippen LogP contribution >= 0.6 is 11.3 Å². The first-order chi connectivity index (χ1) is 8.35. The normalized spacial score (nSPS) is 14.6. The molecular weight excluding hydrogens is 232 g/mol. The van der Waals surface area contributed by atoms with Crippen LogP contribution in [0.4, 0.5) is 5.13 Å². The minimum Gasteiger partial charge on any atom is -0.497 e. The van der Waals surface area contributed by atoms with E-state index in [4.69, 9.17) is 4.74 Å². The Kier molecular flexibility index (Phi) is 2.73. The molecule has 2 aromatic rings. The third kappa shape index (κ3) is 2.42. The highest BCUT2D eigenvalue weighted by atomic mass is 32.1. The molecular formula is C13H14N2OS. The van der Waals surface area contributed by atoms with E-state index in [1.165, 1.54) is 12.8 Å². The molecule has 1 aliphatic rings. The van der Waals surface area contributed by atoms with E-state index in [0.717, 1.165) is 22.1 Å². The first kappa shape index (κ1) is 10.6. The number of nitrogens with one attached hydrogen (secondary N) is 1. The molecule has 1 fully saturated rings. The molecule has 0 spiro atoms. The Morgan fingerprint density at radius 2 is 2.06 bits per heavy atom. The van der Waals surface area contributed by atoms with Crippen LogP contribution in [0.15, 0.2) is 29.6 Å². The van der Waals surface area contributed by atoms with Gasteiger partial charge >= 0.3 is 0 Å². The number of nitrogens with zero attached hydrogens (tertiary/aromatic N) is 1. The standard InChI is InChI=1S/C13H14N2OS/c1-16-11-6-2-9(3-7-11)12-8-17-13(15-12)14-10-4-5-10/h2-3,6-8,10H,4-5H2,1H3,(H,14,15). The fraction of sp³-hybridized carbons (Fsp3) is 0.308. The van der Waals surface area contributed by atoms with Gasteiger partial charge in [0.05, 0.1) is 12.8 Å². The molecule has 1 aromatic carbocycles. The molecule has 1 saturated carbocycles. The lowest BCUT2D eigenvalue weighted by molar-refractivity contribution is 0.415. The highest BCUT2D eigenvalue weighted by molar-refractivity contribution is 7.14. The van der Waals surface area contributed by atoms with Gasteiger partial charge in [-0.1, -0.05) is 0 Å². The number of methoxy groups -OCH3 is 1. The molecule has 3 rings (SSSR count). The molecule has 1 aliphatic carbocycles. The second-order valence-electron chi connectivity index (χ2n) is 4.19. The van der Waals surface area contributed by atoms with Crippen LogP contribution in [0.1, 0.15) is 12.8 Å². The predicted molar refractivity (Wildman–Crippen MR) is 70.7 cm³/mol. The second-order valence-corrected chi connectivity index (χ2v) is 5.04. The van der Waals surface area contributed by atoms with Crippen molar-refractivity contribution in [1.29, 1.82) is 0 Å². The Hall–Kier alpha value is -1.55. The number of anilines is 1. The fourth-order valence-electron chi connectivity index (χ4n) is 1.64. The van der Waals surface area contributed by atoms with Crippen LogP contribution in [0, 0.1) is 0 Å². The number of ether oxygens (including phenoxy) is 1. The van der Waals surface area contributed by atoms with Crippen LogP contribution in [0.2, 0.25) is 0 Å². The lowest BCUT2D eigenvalue weighted by Crippen LogP contribution is -1.99. The van der Waals surface area contributed by atoms with Crippen molar-refractivity contribution in [2.24, 2.45) is 0 Å². The maximum Gasteiger partial charge on any atom is 0.183 e. The zero-order valence-electron chi connectivity index (χ0n) is 9.64. The van der Waals surface area contributed by atoms with Gasteiger partial charge in [0, 0.05) is 17.0 Å². The molecule has 0 radical (unpaired) electrons. The third-order valence-corrected chi connectivity index (χ3v) is 3.57. The summed E-state index contributed by atoms with van der Waals surface area (Å²) in [5.74, 6) is 0.875. The van der Waals surface area contributed by atoms with Crippen LogP contribution in [-0.4, -0.2) is 18.1 Å². The van der Waals surface area contributed by atoms with Crippen LogP contribution in [0.5, 0.6) is 5.75 Å². The van der Waals surface area contributed by atoms with Crippen LogP contribution in [0.3, 0.4) is 0 Å². The van der Waals surface area contributed by atoms with Crippen LogP contribution in [0.25, 0.3) is 11.3 Å². The van der Waals surface area contributed by atoms with Crippen molar-refractivity contribution in [3.05, 3.63) is 29.6 Å². The molecule has 88 valence electrons. The molecule has 1 heterocycles. The van der Waals surface area contributed by atoms with E-state index in [1.807, 2.05) is 24.3 Å². The minimum atomic E-state index is 0.657. The van der Waals surface area contributed by atoms with Gasteiger partial charge in [-0.25, -0.2) is 4.98 Å². The van der Waals surface area contributed by atoms with Crippen molar-refractivity contribution in [3.8, 4) is 17.0 Å². The fourth-order valence-corrected chi connectivity index (χ4v) is 2.43. The van der Waals surface area contributed by atoms with Gasteiger partial charge in [-0.2, -0.15) is 0 Å². The predicted octanol–water partition coefficient (Wildman–Crippen LogP) is 3.39. The monoisotopic (exact) mass is 246 g/mol. The topological polar surface area (TPSA) is 34.1 Å². The van der Waals surface area contributed by atoms with E-state index in [2.05, 4.69) is 15.7 Å². The Bertz CT molecular complexity index is 502. The number of aromatic nitrogens is 1. The molecule has 0 saturated heterocycles. The van der Waals surface area contributed by atoms with Gasteiger partial charge in [0.2, 0.25) is 0 Å². The largest absolute Gasteiger partial charge is 0.497 e. The second kappa shape index (κ2) is 4.37. The number of benzene rings is 1. The summed E-state index contributed by atoms with van der Waals surface area (Å²) >= 11 is 1.67. The highest BCUT2D eigenvalue weighted by Crippen LogP contribution is 2.30. The highest BCUT2D eigenvalue weighted by Gasteiger charge is 2.22. The molecule has 0 bridgehead atoms. The van der Waals surface area contributed by atoms with Gasteiger partial charge in [0.25, 0.3) is 0 Å². The Balaban J connectivity index is 1.79. The summed E-state index contributed by atoms with van der Waals surface area (Å²) in [6.07, 6.45) is 2.55. The van der Waals surface area contributed by atoms with Crippen molar-refractivity contribution >= 4 is 16.5 Å². The van der Waals surface area contributed by atoms with E-state index in [-0.39, 0.29) is 0 Å². The molecule has 0 unspecified atom stereocenters. The van der Waals surface area contributed by atoms with Crippen molar-refractivity contribution in [2.45, 2.75) is 18.9 Å². The SMILES string of the molecule is COc1ccc(-c2csc(NC3CC3)n2)cc1. The molecule has 17 heavy (non-hydrogen) atoms. The Labute approximate surface area is 104 Å². The molecule has 1 N–H and O–H groups in total. The van der Waals surface area contributed by atoms with E-state index < -0.39 is 0 Å². The maximum absolute atomic E-state index is 5.14. The van der Waals surface area contributed by atoms with E-state index >= 15 is 0 Å². The van der Waals surface area contributed by atoms with E-state index in [1.54, 1.807) is 18.4 Å². The number of hydrogen-bond acceptors (Lipinski definition) is 4. The van der Waals surface area contributed by atoms with Gasteiger partial charge in [0.1, 0.15) is 5.75 Å². The van der Waals surface area contributed by atoms with Gasteiger partial charge < -0.3 is 10.1 Å². The van der Waals surface area contributed by atoms with Gasteiger partial charge in [-0.15, -0.1) is 11.3 Å². The quantitative estimate of drug-likeness (QED) is 0.897. The average Bonchev–Trinajstić information content (AvgIpc) is 3.06. The summed E-state index contributed by atoms with van der Waals surface area (Å²) in [4.78, 5) is 4.58. The Morgan fingerprint density at radius 1 is 1.29 bits per heavy atom. The van der Waals surface area contributed by atoms with Gasteiger partial charge in [-0.05, 0) is 37.1 Å². The van der Waals surface area contributed by atoms with Crippen molar-refractivity contribution in [3.63, 3.8) is 0 Å². The molecule has 3 nitrogen and oxygen atoms in total. The number of hydrogen-bond donors (Lipinski definition) is 1. The molecule has 0 amide bonds. The van der Waals surface area contributed by atoms with Crippen LogP contribution in [-0.2, 0) is 0 Å². The first-order valence-corrected chi connectivity index (χ1v) is 6.59. The average molecular weight is 246 g/mol. The molecule has 0 aliphatic heterocycles. The lowest BCUT2D eigenvalue weighted by Gasteiger charge is -2.00. The summed E-state index contributed by atoms with van der Waals surface area (Å²) in [5, 5.41) is 6.53. The van der Waals surface area contributed by atoms with Crippen molar-refractivity contribution in [1.82, 2.24) is 4.98 Å². The smallest absolute Gasteiger partial charge is 0.183 e. The summed E-state index contributed by atoms with van der Waals surface area (Å²) in [5.41, 5.74) is 2.16. The zero-order valence-corrected chi connectivity index (χ0v) is 10.5. The number of rotatable bonds is 4. The third-order valence-electron chi connectivity index (χ3n) is 2.79. The molecule has 4 heteroatoms. The summed E-state index contributed by atoms with van der Waals surface area (Å²) in [6, 6.07) is 8.65. The maximum atomic E-state index is 5.14. The number of thiazole rings is 1. The van der Waals surface area contributed by atoms with Crippen LogP contribution < -0.4 is 10.1 Å². The summed E-state index contributed by atoms with van der Waals surface area (Å²) < 4.78 is 5.14. The molecule has 1 aromatic heterocycles. The van der Waals surface area contributed by atoms with Crippen molar-refractivity contribution < 1.29 is 4.74 Å². The minimum absolute atomic E-state index is 0.657. The van der Waals surface area contributed by atoms with Gasteiger partial charge in [0.15, 0.2) is 5.13 Å². The van der Waals surface area contributed by atoms with E-state index in [9.17, 15) is 0 Å². The zero-order chi connectivity index (χ0) is 11.7. The van der Waals surface area contributed by atoms with Crippen molar-refractivity contribution in [2.75, 3.05) is 12.4 Å². The summed E-state index contributed by atoms with van der Waals surface area (Å²) in [7, 11) is 1.68. The molecule has 0 atom stereocenters. The van der Waals surface area contributed by atoms with E-state index in [0.29, 0.717) is 6.04 Å². The summed E-state index contributed by atoms with van der Waals surface area (Å²) in [6.45, 7) is 0. The Morgan fingerprint density at radius 3 is 2.71 bits per heavy atom. The first-order valence-electron chi connectivity index (χ1n) is 5.71. The lowest BCUT2D eigenvalue weighted by atomic mass is 10.2. The van der Waals surface area contributed by atoms with Gasteiger partial charge in [-0.3, -0.25) is 0 Å².